The first-order valence-electron chi connectivity index (χ1n) is 3.67. The standard InChI is InChI=1S/C9H8BrFN2/c1-5-2-6(10)3-7(9(5)11)8(13)4-12/h2-3,8H,13H2,1H3. The van der Waals surface area contributed by atoms with E-state index >= 15 is 0 Å². The highest BCUT2D eigenvalue weighted by atomic mass is 79.9. The average Bonchev–Trinajstić information content (AvgIpc) is 2.10. The van der Waals surface area contributed by atoms with Gasteiger partial charge in [0.15, 0.2) is 0 Å². The van der Waals surface area contributed by atoms with Gasteiger partial charge >= 0.3 is 0 Å². The minimum Gasteiger partial charge on any atom is -0.312 e. The molecule has 0 fully saturated rings. The summed E-state index contributed by atoms with van der Waals surface area (Å²) in [6.45, 7) is 1.63. The molecule has 1 atom stereocenters. The topological polar surface area (TPSA) is 49.8 Å². The van der Waals surface area contributed by atoms with Crippen molar-refractivity contribution in [2.24, 2.45) is 5.73 Å². The van der Waals surface area contributed by atoms with Crippen LogP contribution in [-0.2, 0) is 0 Å². The fourth-order valence-corrected chi connectivity index (χ4v) is 1.64. The van der Waals surface area contributed by atoms with Crippen LogP contribution in [-0.4, -0.2) is 0 Å². The molecule has 1 aromatic carbocycles. The fourth-order valence-electron chi connectivity index (χ4n) is 1.05. The van der Waals surface area contributed by atoms with Gasteiger partial charge in [0.05, 0.1) is 6.07 Å². The number of hydrogen-bond acceptors (Lipinski definition) is 2. The van der Waals surface area contributed by atoms with Crippen LogP contribution in [0.4, 0.5) is 4.39 Å². The van der Waals surface area contributed by atoms with Crippen molar-refractivity contribution in [2.75, 3.05) is 0 Å². The molecule has 0 bridgehead atoms. The summed E-state index contributed by atoms with van der Waals surface area (Å²) in [7, 11) is 0. The molecule has 0 aromatic heterocycles. The molecule has 0 spiro atoms. The third-order valence-electron chi connectivity index (χ3n) is 1.72. The predicted octanol–water partition coefficient (Wildman–Crippen LogP) is 2.42. The normalized spacial score (nSPS) is 12.2. The van der Waals surface area contributed by atoms with Crippen LogP contribution >= 0.6 is 15.9 Å². The summed E-state index contributed by atoms with van der Waals surface area (Å²) in [5, 5.41) is 8.54. The highest BCUT2D eigenvalue weighted by Gasteiger charge is 2.13. The van der Waals surface area contributed by atoms with Gasteiger partial charge < -0.3 is 5.73 Å². The molecule has 4 heteroatoms. The largest absolute Gasteiger partial charge is 0.312 e. The number of halogens is 2. The van der Waals surface area contributed by atoms with E-state index in [0.717, 1.165) is 4.47 Å². The van der Waals surface area contributed by atoms with E-state index in [1.165, 1.54) is 6.07 Å². The van der Waals surface area contributed by atoms with Gasteiger partial charge in [-0.3, -0.25) is 0 Å². The molecule has 2 nitrogen and oxygen atoms in total. The monoisotopic (exact) mass is 242 g/mol. The molecule has 0 amide bonds. The second kappa shape index (κ2) is 3.86. The molecule has 0 aliphatic rings. The van der Waals surface area contributed by atoms with Gasteiger partial charge in [0.1, 0.15) is 11.9 Å². The lowest BCUT2D eigenvalue weighted by Gasteiger charge is -2.07. The lowest BCUT2D eigenvalue weighted by molar-refractivity contribution is 0.594. The van der Waals surface area contributed by atoms with Crippen LogP contribution < -0.4 is 5.73 Å². The Hall–Kier alpha value is -0.920. The Bertz CT molecular complexity index is 371. The molecule has 0 saturated carbocycles. The van der Waals surface area contributed by atoms with Crippen molar-refractivity contribution in [3.63, 3.8) is 0 Å². The third-order valence-corrected chi connectivity index (χ3v) is 2.18. The number of hydrogen-bond donors (Lipinski definition) is 1. The van der Waals surface area contributed by atoms with E-state index in [9.17, 15) is 4.39 Å². The molecule has 13 heavy (non-hydrogen) atoms. The molecule has 0 saturated heterocycles. The highest BCUT2D eigenvalue weighted by molar-refractivity contribution is 9.10. The molecule has 68 valence electrons. The Morgan fingerprint density at radius 3 is 2.77 bits per heavy atom. The Morgan fingerprint density at radius 2 is 2.23 bits per heavy atom. The van der Waals surface area contributed by atoms with Crippen molar-refractivity contribution in [3.8, 4) is 6.07 Å². The van der Waals surface area contributed by atoms with Crippen molar-refractivity contribution in [3.05, 3.63) is 33.5 Å². The maximum Gasteiger partial charge on any atom is 0.132 e. The van der Waals surface area contributed by atoms with E-state index in [0.29, 0.717) is 5.56 Å². The van der Waals surface area contributed by atoms with Crippen LogP contribution in [0.15, 0.2) is 16.6 Å². The van der Waals surface area contributed by atoms with Crippen LogP contribution in [0.25, 0.3) is 0 Å². The predicted molar refractivity (Wildman–Crippen MR) is 51.4 cm³/mol. The number of rotatable bonds is 1. The quantitative estimate of drug-likeness (QED) is 0.823. The molecule has 1 unspecified atom stereocenters. The number of benzene rings is 1. The molecule has 1 rings (SSSR count). The zero-order chi connectivity index (χ0) is 10.0. The van der Waals surface area contributed by atoms with Gasteiger partial charge in [-0.15, -0.1) is 0 Å². The van der Waals surface area contributed by atoms with Crippen LogP contribution in [0.2, 0.25) is 0 Å². The summed E-state index contributed by atoms with van der Waals surface area (Å²) < 4.78 is 14.1. The highest BCUT2D eigenvalue weighted by Crippen LogP contribution is 2.23. The zero-order valence-electron chi connectivity index (χ0n) is 7.01. The Morgan fingerprint density at radius 1 is 1.62 bits per heavy atom. The van der Waals surface area contributed by atoms with Gasteiger partial charge in [-0.05, 0) is 24.6 Å². The van der Waals surface area contributed by atoms with E-state index in [-0.39, 0.29) is 5.56 Å². The fraction of sp³-hybridized carbons (Fsp3) is 0.222. The zero-order valence-corrected chi connectivity index (χ0v) is 8.60. The first kappa shape index (κ1) is 10.2. The van der Waals surface area contributed by atoms with Gasteiger partial charge in [0.25, 0.3) is 0 Å². The van der Waals surface area contributed by atoms with E-state index < -0.39 is 11.9 Å². The number of nitrogens with zero attached hydrogens (tertiary/aromatic N) is 1. The molecule has 1 aromatic rings. The molecule has 0 heterocycles. The summed E-state index contributed by atoms with van der Waals surface area (Å²) in [6.07, 6.45) is 0. The third kappa shape index (κ3) is 2.06. The molecule has 2 N–H and O–H groups in total. The van der Waals surface area contributed by atoms with Gasteiger partial charge in [-0.1, -0.05) is 15.9 Å². The Kier molecular flexibility index (Phi) is 3.02. The van der Waals surface area contributed by atoms with E-state index in [4.69, 9.17) is 11.0 Å². The summed E-state index contributed by atoms with van der Waals surface area (Å²) >= 11 is 3.21. The lowest BCUT2D eigenvalue weighted by Crippen LogP contribution is -2.10. The van der Waals surface area contributed by atoms with Crippen molar-refractivity contribution >= 4 is 15.9 Å². The van der Waals surface area contributed by atoms with Crippen molar-refractivity contribution in [1.82, 2.24) is 0 Å². The molecule has 0 aliphatic carbocycles. The van der Waals surface area contributed by atoms with Crippen molar-refractivity contribution in [1.29, 1.82) is 5.26 Å². The van der Waals surface area contributed by atoms with Crippen molar-refractivity contribution < 1.29 is 4.39 Å². The number of nitrogens with two attached hydrogens (primary N) is 1. The van der Waals surface area contributed by atoms with Crippen LogP contribution in [0, 0.1) is 24.1 Å². The second-order valence-electron chi connectivity index (χ2n) is 2.73. The van der Waals surface area contributed by atoms with Gasteiger partial charge in [0.2, 0.25) is 0 Å². The minimum absolute atomic E-state index is 0.231. The minimum atomic E-state index is -0.906. The Labute approximate surface area is 84.3 Å². The van der Waals surface area contributed by atoms with Crippen LogP contribution in [0.1, 0.15) is 17.2 Å². The smallest absolute Gasteiger partial charge is 0.132 e. The van der Waals surface area contributed by atoms with Gasteiger partial charge in [0, 0.05) is 10.0 Å². The molecule has 0 radical (unpaired) electrons. The molecular formula is C9H8BrFN2. The number of nitriles is 1. The summed E-state index contributed by atoms with van der Waals surface area (Å²) in [6, 6.07) is 4.05. The van der Waals surface area contributed by atoms with Crippen LogP contribution in [0.5, 0.6) is 0 Å². The molecular weight excluding hydrogens is 235 g/mol. The average molecular weight is 243 g/mol. The number of aryl methyl sites for hydroxylation is 1. The van der Waals surface area contributed by atoms with E-state index in [2.05, 4.69) is 15.9 Å². The summed E-state index contributed by atoms with van der Waals surface area (Å²) in [4.78, 5) is 0. The maximum atomic E-state index is 13.4. The Balaban J connectivity index is 3.30. The second-order valence-corrected chi connectivity index (χ2v) is 3.65. The van der Waals surface area contributed by atoms with E-state index in [1.807, 2.05) is 0 Å². The van der Waals surface area contributed by atoms with Gasteiger partial charge in [-0.25, -0.2) is 4.39 Å². The SMILES string of the molecule is Cc1cc(Br)cc(C(N)C#N)c1F. The first-order valence-corrected chi connectivity index (χ1v) is 4.46. The maximum absolute atomic E-state index is 13.4. The van der Waals surface area contributed by atoms with Crippen molar-refractivity contribution in [2.45, 2.75) is 13.0 Å². The first-order chi connectivity index (χ1) is 6.06. The molecule has 0 aliphatic heterocycles. The lowest BCUT2D eigenvalue weighted by atomic mass is 10.1. The summed E-state index contributed by atoms with van der Waals surface area (Å²) in [5.74, 6) is -0.405. The van der Waals surface area contributed by atoms with Crippen LogP contribution in [0.3, 0.4) is 0 Å². The van der Waals surface area contributed by atoms with E-state index in [1.54, 1.807) is 19.1 Å². The summed E-state index contributed by atoms with van der Waals surface area (Å²) in [5.41, 5.74) is 6.12. The van der Waals surface area contributed by atoms with Gasteiger partial charge in [-0.2, -0.15) is 5.26 Å².